The predicted molar refractivity (Wildman–Crippen MR) is 261 cm³/mol. The maximum Gasteiger partial charge on any atom is 0.324 e. The lowest BCUT2D eigenvalue weighted by molar-refractivity contribution is -0.155. The molecular weight excluding hydrogens is 883 g/mol. The number of aromatic nitrogens is 3. The number of ether oxygens (including phenoxy) is 2. The Bertz CT molecular complexity index is 2590. The van der Waals surface area contributed by atoms with Gasteiger partial charge in [0.05, 0.1) is 34.8 Å². The average Bonchev–Trinajstić information content (AvgIpc) is 4.15. The Balaban J connectivity index is 1.12. The highest BCUT2D eigenvalue weighted by Crippen LogP contribution is 2.43. The Morgan fingerprint density at radius 1 is 1.10 bits per heavy atom. The number of urea groups is 1. The van der Waals surface area contributed by atoms with E-state index in [2.05, 4.69) is 66.9 Å². The number of carbonyl (C=O) groups is 5. The zero-order valence-corrected chi connectivity index (χ0v) is 41.6. The fourth-order valence-electron chi connectivity index (χ4n) is 10.8. The van der Waals surface area contributed by atoms with Crippen LogP contribution >= 0.6 is 11.3 Å². The second kappa shape index (κ2) is 19.8. The molecule has 7 heterocycles. The molecule has 3 fully saturated rings. The van der Waals surface area contributed by atoms with Crippen LogP contribution in [0.4, 0.5) is 4.79 Å². The van der Waals surface area contributed by atoms with Gasteiger partial charge in [-0.15, -0.1) is 11.3 Å². The van der Waals surface area contributed by atoms with Gasteiger partial charge in [0, 0.05) is 104 Å². The lowest BCUT2D eigenvalue weighted by Gasteiger charge is -2.37. The Morgan fingerprint density at radius 2 is 1.85 bits per heavy atom. The van der Waals surface area contributed by atoms with Crippen molar-refractivity contribution in [1.29, 1.82) is 0 Å². The van der Waals surface area contributed by atoms with Crippen molar-refractivity contribution >= 4 is 52.0 Å². The Kier molecular flexibility index (Phi) is 14.2. The molecule has 6 bridgehead atoms. The van der Waals surface area contributed by atoms with Crippen LogP contribution in [0.5, 0.6) is 0 Å². The number of methoxy groups -OCH3 is 1. The number of hydrogen-bond acceptors (Lipinski definition) is 11. The van der Waals surface area contributed by atoms with E-state index >= 15 is 0 Å². The lowest BCUT2D eigenvalue weighted by atomic mass is 9.84. The summed E-state index contributed by atoms with van der Waals surface area (Å²) in [6.45, 7) is 19.1. The topological polar surface area (TPSA) is 172 Å². The number of carbonyl (C=O) groups excluding carboxylic acids is 5. The van der Waals surface area contributed by atoms with Gasteiger partial charge in [0.25, 0.3) is 5.91 Å². The number of thiazole rings is 1. The molecule has 1 spiro atoms. The van der Waals surface area contributed by atoms with Crippen LogP contribution in [0.15, 0.2) is 54.6 Å². The van der Waals surface area contributed by atoms with E-state index < -0.39 is 41.3 Å². The first kappa shape index (κ1) is 48.8. The summed E-state index contributed by atoms with van der Waals surface area (Å²) in [6.07, 6.45) is 6.09. The standard InChI is InChI=1S/C51H67N9O7S/c1-10-42(61)57-22-18-51(28-57)19-23-58(29-51)49(65)56(8)44(31(3)4)46(62)54-38-25-41-53-39(27-68-41)33-16-17-40-35(24-33)36(45(59(40)11-2)34-14-12-20-52-43(34)32(5)66-9)26-50(6,7)30-67-48(64)37-15-13-21-60(55-37)47(38)63/h10,12,14,16-17,20,24,27,31-32,37-38,44,55H,1,11,13,15,18-19,21-23,25-26,28-30H2,2-9H3,(H,54,62)/t32-,37-,38-,44?,51-/m0/s1. The molecule has 0 aliphatic carbocycles. The molecule has 4 aliphatic rings. The number of aryl methyl sites for hydroxylation is 1. The molecule has 1 aromatic carbocycles. The van der Waals surface area contributed by atoms with Crippen molar-refractivity contribution in [2.75, 3.05) is 53.5 Å². The third-order valence-corrected chi connectivity index (χ3v) is 15.3. The minimum absolute atomic E-state index is 0.0824. The van der Waals surface area contributed by atoms with Crippen LogP contribution in [-0.2, 0) is 48.0 Å². The molecule has 0 saturated carbocycles. The van der Waals surface area contributed by atoms with Gasteiger partial charge in [-0.3, -0.25) is 29.2 Å². The molecule has 4 aliphatic heterocycles. The van der Waals surface area contributed by atoms with Crippen LogP contribution in [0.25, 0.3) is 33.4 Å². The van der Waals surface area contributed by atoms with E-state index in [4.69, 9.17) is 19.4 Å². The van der Waals surface area contributed by atoms with Gasteiger partial charge in [-0.2, -0.15) is 0 Å². The number of nitrogens with one attached hydrogen (secondary N) is 2. The first-order valence-corrected chi connectivity index (χ1v) is 24.9. The molecule has 4 aromatic rings. The van der Waals surface area contributed by atoms with Crippen molar-refractivity contribution < 1.29 is 33.4 Å². The molecule has 0 radical (unpaired) electrons. The first-order chi connectivity index (χ1) is 32.5. The summed E-state index contributed by atoms with van der Waals surface area (Å²) in [5.74, 6) is -1.75. The van der Waals surface area contributed by atoms with Gasteiger partial charge in [-0.25, -0.2) is 15.2 Å². The highest BCUT2D eigenvalue weighted by Gasteiger charge is 2.47. The number of rotatable bonds is 9. The van der Waals surface area contributed by atoms with E-state index in [1.165, 1.54) is 27.3 Å². The van der Waals surface area contributed by atoms with Crippen molar-refractivity contribution in [2.45, 2.75) is 111 Å². The molecule has 3 saturated heterocycles. The third kappa shape index (κ3) is 9.66. The summed E-state index contributed by atoms with van der Waals surface area (Å²) in [5.41, 5.74) is 9.10. The van der Waals surface area contributed by atoms with E-state index in [1.807, 2.05) is 32.2 Å². The number of nitrogens with zero attached hydrogens (tertiary/aromatic N) is 7. The van der Waals surface area contributed by atoms with E-state index in [-0.39, 0.29) is 42.4 Å². The molecule has 68 heavy (non-hydrogen) atoms. The minimum Gasteiger partial charge on any atom is -0.464 e. The predicted octanol–water partition coefficient (Wildman–Crippen LogP) is 6.39. The summed E-state index contributed by atoms with van der Waals surface area (Å²) < 4.78 is 14.3. The summed E-state index contributed by atoms with van der Waals surface area (Å²) in [4.78, 5) is 84.8. The molecule has 5 amide bonds. The van der Waals surface area contributed by atoms with Crippen LogP contribution in [0.3, 0.4) is 0 Å². The second-order valence-corrected chi connectivity index (χ2v) is 21.2. The molecule has 5 atom stereocenters. The number of fused-ring (bicyclic) bond motifs is 6. The number of pyridine rings is 1. The van der Waals surface area contributed by atoms with Gasteiger partial charge in [0.2, 0.25) is 11.8 Å². The van der Waals surface area contributed by atoms with Crippen molar-refractivity contribution in [2.24, 2.45) is 16.7 Å². The Labute approximate surface area is 403 Å². The van der Waals surface area contributed by atoms with Crippen LogP contribution in [0, 0.1) is 16.7 Å². The maximum absolute atomic E-state index is 14.7. The molecule has 2 N–H and O–H groups in total. The fraction of sp³-hybridized carbons (Fsp3) is 0.549. The van der Waals surface area contributed by atoms with Gasteiger partial charge in [-0.05, 0) is 87.8 Å². The number of benzene rings is 1. The summed E-state index contributed by atoms with van der Waals surface area (Å²) in [6, 6.07) is 7.38. The number of hydrogen-bond donors (Lipinski definition) is 2. The van der Waals surface area contributed by atoms with Crippen molar-refractivity contribution in [3.63, 3.8) is 0 Å². The lowest BCUT2D eigenvalue weighted by Crippen LogP contribution is -2.62. The number of cyclic esters (lactones) is 1. The summed E-state index contributed by atoms with van der Waals surface area (Å²) >= 11 is 1.42. The molecule has 16 nitrogen and oxygen atoms in total. The zero-order valence-electron chi connectivity index (χ0n) is 40.8. The van der Waals surface area contributed by atoms with Crippen LogP contribution < -0.4 is 10.7 Å². The zero-order chi connectivity index (χ0) is 48.7. The maximum atomic E-state index is 14.7. The molecular formula is C51H67N9O7S. The summed E-state index contributed by atoms with van der Waals surface area (Å²) in [5, 5.41) is 8.17. The van der Waals surface area contributed by atoms with E-state index in [0.717, 1.165) is 57.5 Å². The van der Waals surface area contributed by atoms with Crippen molar-refractivity contribution in [3.8, 4) is 22.5 Å². The average molecular weight is 950 g/mol. The third-order valence-electron chi connectivity index (χ3n) is 14.4. The minimum atomic E-state index is -1.08. The SMILES string of the molecule is C=CC(=O)N1CC[C@]2(CCN(C(=O)N(C)C(C(=O)N[C@H]3Cc4nc(cs4)-c4ccc5c(c4)c(c(-c4cccnc4[C@H](C)OC)n5CC)CC(C)(C)COC(=O)[C@@H]4CCCN(N4)C3=O)C(C)C)C2)C1. The van der Waals surface area contributed by atoms with Crippen molar-refractivity contribution in [1.82, 2.24) is 45.0 Å². The van der Waals surface area contributed by atoms with Gasteiger partial charge in [0.15, 0.2) is 0 Å². The van der Waals surface area contributed by atoms with Gasteiger partial charge in [0.1, 0.15) is 18.1 Å². The number of likely N-dealkylation sites (tertiary alicyclic amines) is 2. The largest absolute Gasteiger partial charge is 0.464 e. The number of esters is 1. The molecule has 364 valence electrons. The fourth-order valence-corrected chi connectivity index (χ4v) is 11.6. The van der Waals surface area contributed by atoms with Crippen LogP contribution in [0.2, 0.25) is 0 Å². The quantitative estimate of drug-likeness (QED) is 0.142. The molecule has 1 unspecified atom stereocenters. The monoisotopic (exact) mass is 949 g/mol. The summed E-state index contributed by atoms with van der Waals surface area (Å²) in [7, 11) is 3.32. The van der Waals surface area contributed by atoms with Crippen LogP contribution in [-0.4, -0.2) is 136 Å². The smallest absolute Gasteiger partial charge is 0.324 e. The second-order valence-electron chi connectivity index (χ2n) is 20.2. The molecule has 17 heteroatoms. The van der Waals surface area contributed by atoms with E-state index in [9.17, 15) is 24.0 Å². The number of hydrazine groups is 1. The Hall–Kier alpha value is -5.65. The van der Waals surface area contributed by atoms with Crippen LogP contribution in [0.1, 0.15) is 89.6 Å². The van der Waals surface area contributed by atoms with Gasteiger partial charge < -0.3 is 34.1 Å². The molecule has 3 aromatic heterocycles. The first-order valence-electron chi connectivity index (χ1n) is 24.0. The normalized spacial score (nSPS) is 22.9. The van der Waals surface area contributed by atoms with E-state index in [1.54, 1.807) is 30.2 Å². The number of amides is 5. The molecule has 8 rings (SSSR count). The van der Waals surface area contributed by atoms with Gasteiger partial charge in [-0.1, -0.05) is 40.3 Å². The van der Waals surface area contributed by atoms with Crippen molar-refractivity contribution in [3.05, 3.63) is 70.8 Å². The highest BCUT2D eigenvalue weighted by atomic mass is 32.1. The van der Waals surface area contributed by atoms with Gasteiger partial charge >= 0.3 is 12.0 Å². The highest BCUT2D eigenvalue weighted by molar-refractivity contribution is 7.10. The Morgan fingerprint density at radius 3 is 2.57 bits per heavy atom. The number of likely N-dealkylation sites (N-methyl/N-ethyl adjacent to an activating group) is 1. The van der Waals surface area contributed by atoms with E-state index in [0.29, 0.717) is 63.5 Å².